The van der Waals surface area contributed by atoms with Crippen LogP contribution in [-0.4, -0.2) is 41.3 Å². The van der Waals surface area contributed by atoms with Gasteiger partial charge in [0, 0.05) is 25.2 Å². The van der Waals surface area contributed by atoms with Crippen molar-refractivity contribution in [3.05, 3.63) is 30.1 Å². The lowest BCUT2D eigenvalue weighted by Gasteiger charge is -2.34. The monoisotopic (exact) mass is 320 g/mol. The van der Waals surface area contributed by atoms with Gasteiger partial charge in [-0.2, -0.15) is 0 Å². The zero-order valence-electron chi connectivity index (χ0n) is 14.6. The van der Waals surface area contributed by atoms with E-state index in [0.717, 1.165) is 25.1 Å². The average molecular weight is 320 g/mol. The van der Waals surface area contributed by atoms with Gasteiger partial charge in [-0.15, -0.1) is 0 Å². The first-order chi connectivity index (χ1) is 10.8. The van der Waals surface area contributed by atoms with Crippen molar-refractivity contribution in [2.45, 2.75) is 52.2 Å². The fourth-order valence-electron chi connectivity index (χ4n) is 2.68. The highest BCUT2D eigenvalue weighted by Crippen LogP contribution is 2.22. The Bertz CT molecular complexity index is 499. The molecule has 1 aromatic heterocycles. The summed E-state index contributed by atoms with van der Waals surface area (Å²) in [6, 6.07) is 5.83. The summed E-state index contributed by atoms with van der Waals surface area (Å²) < 4.78 is 11.4. The molecule has 0 spiro atoms. The molecule has 2 rings (SSSR count). The maximum atomic E-state index is 12.2. The number of rotatable bonds is 4. The van der Waals surface area contributed by atoms with Crippen molar-refractivity contribution >= 4 is 6.09 Å². The third-order valence-electron chi connectivity index (χ3n) is 3.86. The topological polar surface area (TPSA) is 51.7 Å². The van der Waals surface area contributed by atoms with Crippen LogP contribution in [0.2, 0.25) is 0 Å². The Labute approximate surface area is 139 Å². The summed E-state index contributed by atoms with van der Waals surface area (Å²) in [5.41, 5.74) is 0.487. The maximum absolute atomic E-state index is 12.2. The Kier molecular flexibility index (Phi) is 5.99. The predicted octanol–water partition coefficient (Wildman–Crippen LogP) is 3.81. The van der Waals surface area contributed by atoms with Crippen molar-refractivity contribution in [1.82, 2.24) is 9.88 Å². The van der Waals surface area contributed by atoms with Crippen LogP contribution in [0.5, 0.6) is 0 Å². The number of pyridine rings is 1. The number of amides is 1. The van der Waals surface area contributed by atoms with Gasteiger partial charge in [0.05, 0.1) is 18.4 Å². The molecule has 1 aliphatic rings. The lowest BCUT2D eigenvalue weighted by Crippen LogP contribution is -2.43. The number of hydrogen-bond donors (Lipinski definition) is 0. The van der Waals surface area contributed by atoms with Crippen molar-refractivity contribution in [2.24, 2.45) is 5.92 Å². The van der Waals surface area contributed by atoms with E-state index in [1.165, 1.54) is 0 Å². The van der Waals surface area contributed by atoms with Gasteiger partial charge in [-0.1, -0.05) is 6.07 Å². The molecule has 1 aliphatic heterocycles. The molecule has 2 heterocycles. The highest BCUT2D eigenvalue weighted by molar-refractivity contribution is 5.68. The second-order valence-corrected chi connectivity index (χ2v) is 7.16. The number of likely N-dealkylation sites (tertiary alicyclic amines) is 1. The highest BCUT2D eigenvalue weighted by Gasteiger charge is 2.28. The lowest BCUT2D eigenvalue weighted by molar-refractivity contribution is -0.00461. The summed E-state index contributed by atoms with van der Waals surface area (Å²) in [5, 5.41) is 0. The minimum atomic E-state index is -0.450. The van der Waals surface area contributed by atoms with E-state index in [0.29, 0.717) is 19.1 Å². The van der Waals surface area contributed by atoms with Gasteiger partial charge in [0.25, 0.3) is 0 Å². The van der Waals surface area contributed by atoms with E-state index in [1.807, 2.05) is 45.9 Å². The number of nitrogens with zero attached hydrogens (tertiary/aromatic N) is 2. The Hall–Kier alpha value is -1.62. The fourth-order valence-corrected chi connectivity index (χ4v) is 2.68. The molecular weight excluding hydrogens is 292 g/mol. The molecule has 0 aromatic carbocycles. The van der Waals surface area contributed by atoms with Crippen LogP contribution in [0.4, 0.5) is 4.79 Å². The molecule has 0 unspecified atom stereocenters. The highest BCUT2D eigenvalue weighted by atomic mass is 16.6. The van der Waals surface area contributed by atoms with E-state index in [2.05, 4.69) is 4.98 Å². The number of aromatic nitrogens is 1. The Balaban J connectivity index is 1.81. The third kappa shape index (κ3) is 5.82. The predicted molar refractivity (Wildman–Crippen MR) is 89.1 cm³/mol. The normalized spacial score (nSPS) is 20.2. The molecule has 23 heavy (non-hydrogen) atoms. The van der Waals surface area contributed by atoms with E-state index in [-0.39, 0.29) is 12.2 Å². The summed E-state index contributed by atoms with van der Waals surface area (Å²) in [6.07, 6.45) is 3.59. The Morgan fingerprint density at radius 3 is 2.87 bits per heavy atom. The van der Waals surface area contributed by atoms with Gasteiger partial charge >= 0.3 is 6.09 Å². The minimum absolute atomic E-state index is 0.0342. The van der Waals surface area contributed by atoms with E-state index in [4.69, 9.17) is 9.47 Å². The summed E-state index contributed by atoms with van der Waals surface area (Å²) in [4.78, 5) is 18.3. The molecule has 0 saturated carbocycles. The molecule has 5 heteroatoms. The molecular formula is C18H28N2O3. The van der Waals surface area contributed by atoms with Gasteiger partial charge < -0.3 is 14.4 Å². The quantitative estimate of drug-likeness (QED) is 0.846. The van der Waals surface area contributed by atoms with E-state index in [9.17, 15) is 4.79 Å². The zero-order chi connectivity index (χ0) is 16.9. The largest absolute Gasteiger partial charge is 0.444 e. The van der Waals surface area contributed by atoms with Crippen LogP contribution in [0.15, 0.2) is 24.4 Å². The molecule has 1 saturated heterocycles. The maximum Gasteiger partial charge on any atom is 0.410 e. The lowest BCUT2D eigenvalue weighted by atomic mass is 9.99. The van der Waals surface area contributed by atoms with E-state index in [1.54, 1.807) is 11.1 Å². The Morgan fingerprint density at radius 2 is 2.22 bits per heavy atom. The summed E-state index contributed by atoms with van der Waals surface area (Å²) in [7, 11) is 0. The number of piperidine rings is 1. The fraction of sp³-hybridized carbons (Fsp3) is 0.667. The molecule has 0 aliphatic carbocycles. The average Bonchev–Trinajstić information content (AvgIpc) is 2.52. The molecule has 2 atom stereocenters. The van der Waals surface area contributed by atoms with Gasteiger partial charge in [0.15, 0.2) is 0 Å². The third-order valence-corrected chi connectivity index (χ3v) is 3.86. The van der Waals surface area contributed by atoms with Gasteiger partial charge in [-0.3, -0.25) is 4.98 Å². The van der Waals surface area contributed by atoms with Crippen molar-refractivity contribution in [3.8, 4) is 0 Å². The van der Waals surface area contributed by atoms with Gasteiger partial charge in [-0.05, 0) is 52.7 Å². The van der Waals surface area contributed by atoms with Crippen molar-refractivity contribution in [3.63, 3.8) is 0 Å². The summed E-state index contributed by atoms with van der Waals surface area (Å²) >= 11 is 0. The molecule has 0 bridgehead atoms. The molecule has 128 valence electrons. The summed E-state index contributed by atoms with van der Waals surface area (Å²) in [5.74, 6) is 0.349. The van der Waals surface area contributed by atoms with Crippen LogP contribution < -0.4 is 0 Å². The van der Waals surface area contributed by atoms with E-state index < -0.39 is 5.60 Å². The molecule has 1 fully saturated rings. The van der Waals surface area contributed by atoms with Crippen LogP contribution >= 0.6 is 0 Å². The number of ether oxygens (including phenoxy) is 2. The van der Waals surface area contributed by atoms with Gasteiger partial charge in [0.2, 0.25) is 0 Å². The first-order valence-corrected chi connectivity index (χ1v) is 8.35. The molecule has 1 aromatic rings. The van der Waals surface area contributed by atoms with Crippen molar-refractivity contribution in [2.75, 3.05) is 19.7 Å². The SMILES string of the molecule is C[C@@H](OC[C@@H]1CCCN(C(=O)OC(C)(C)C)C1)c1ccccn1. The molecule has 0 N–H and O–H groups in total. The van der Waals surface area contributed by atoms with Crippen LogP contribution in [0.25, 0.3) is 0 Å². The zero-order valence-corrected chi connectivity index (χ0v) is 14.6. The van der Waals surface area contributed by atoms with Crippen LogP contribution in [0.1, 0.15) is 52.3 Å². The Morgan fingerprint density at radius 1 is 1.43 bits per heavy atom. The first kappa shape index (κ1) is 17.7. The van der Waals surface area contributed by atoms with Gasteiger partial charge in [-0.25, -0.2) is 4.79 Å². The second kappa shape index (κ2) is 7.77. The minimum Gasteiger partial charge on any atom is -0.444 e. The standard InChI is InChI=1S/C18H28N2O3/c1-14(16-9-5-6-10-19-16)22-13-15-8-7-11-20(12-15)17(21)23-18(2,3)4/h5-6,9-10,14-15H,7-8,11-13H2,1-4H3/t14-,15-/m1/s1. The van der Waals surface area contributed by atoms with Crippen LogP contribution in [0.3, 0.4) is 0 Å². The number of carbonyl (C=O) groups is 1. The van der Waals surface area contributed by atoms with Crippen LogP contribution in [0, 0.1) is 5.92 Å². The molecule has 0 radical (unpaired) electrons. The summed E-state index contributed by atoms with van der Waals surface area (Å²) in [6.45, 7) is 9.79. The smallest absolute Gasteiger partial charge is 0.410 e. The molecule has 5 nitrogen and oxygen atoms in total. The molecule has 1 amide bonds. The van der Waals surface area contributed by atoms with Crippen molar-refractivity contribution in [1.29, 1.82) is 0 Å². The van der Waals surface area contributed by atoms with E-state index >= 15 is 0 Å². The second-order valence-electron chi connectivity index (χ2n) is 7.16. The van der Waals surface area contributed by atoms with Gasteiger partial charge in [0.1, 0.15) is 5.60 Å². The number of hydrogen-bond acceptors (Lipinski definition) is 4. The van der Waals surface area contributed by atoms with Crippen LogP contribution in [-0.2, 0) is 9.47 Å². The number of carbonyl (C=O) groups excluding carboxylic acids is 1. The van der Waals surface area contributed by atoms with Crippen molar-refractivity contribution < 1.29 is 14.3 Å². The first-order valence-electron chi connectivity index (χ1n) is 8.35.